The first-order valence-corrected chi connectivity index (χ1v) is 14.7. The van der Waals surface area contributed by atoms with Gasteiger partial charge in [0.25, 0.3) is 10.0 Å². The number of carbonyl (C=O) groups is 2. The molecule has 0 bridgehead atoms. The number of carbonyl (C=O) groups excluding carboxylic acids is 2. The predicted molar refractivity (Wildman–Crippen MR) is 157 cm³/mol. The van der Waals surface area contributed by atoms with E-state index in [0.29, 0.717) is 27.7 Å². The highest BCUT2D eigenvalue weighted by Gasteiger charge is 2.34. The van der Waals surface area contributed by atoms with Crippen LogP contribution in [-0.4, -0.2) is 44.8 Å². The van der Waals surface area contributed by atoms with E-state index >= 15 is 0 Å². The lowest BCUT2D eigenvalue weighted by Gasteiger charge is -2.33. The maximum atomic E-state index is 14.0. The lowest BCUT2D eigenvalue weighted by molar-refractivity contribution is -0.140. The van der Waals surface area contributed by atoms with E-state index in [1.807, 2.05) is 26.8 Å². The van der Waals surface area contributed by atoms with Crippen LogP contribution in [0, 0.1) is 20.8 Å². The molecule has 208 valence electrons. The molecule has 0 aromatic heterocycles. The summed E-state index contributed by atoms with van der Waals surface area (Å²) in [5, 5.41) is 3.29. The molecule has 0 aliphatic carbocycles. The second-order valence-electron chi connectivity index (χ2n) is 9.35. The zero-order valence-corrected chi connectivity index (χ0v) is 25.0. The van der Waals surface area contributed by atoms with E-state index in [4.69, 9.17) is 23.2 Å². The molecule has 1 N–H and O–H groups in total. The number of hydrogen-bond donors (Lipinski definition) is 1. The van der Waals surface area contributed by atoms with Gasteiger partial charge in [-0.15, -0.1) is 0 Å². The van der Waals surface area contributed by atoms with Crippen molar-refractivity contribution < 1.29 is 18.0 Å². The van der Waals surface area contributed by atoms with Crippen LogP contribution in [-0.2, 0) is 26.2 Å². The Morgan fingerprint density at radius 3 is 2.21 bits per heavy atom. The minimum atomic E-state index is -4.14. The first kappa shape index (κ1) is 30.5. The van der Waals surface area contributed by atoms with Crippen molar-refractivity contribution in [3.8, 4) is 0 Å². The molecule has 2 amide bonds. The summed E-state index contributed by atoms with van der Waals surface area (Å²) < 4.78 is 29.1. The van der Waals surface area contributed by atoms with E-state index in [-0.39, 0.29) is 17.3 Å². The molecule has 0 spiro atoms. The lowest BCUT2D eigenvalue weighted by Crippen LogP contribution is -2.51. The molecule has 0 saturated heterocycles. The second kappa shape index (κ2) is 12.9. The minimum Gasteiger partial charge on any atom is -0.357 e. The van der Waals surface area contributed by atoms with Gasteiger partial charge < -0.3 is 10.2 Å². The van der Waals surface area contributed by atoms with Crippen LogP contribution >= 0.6 is 23.2 Å². The fourth-order valence-corrected chi connectivity index (χ4v) is 6.07. The fraction of sp³-hybridized carbons (Fsp3) is 0.310. The number of benzene rings is 3. The summed E-state index contributed by atoms with van der Waals surface area (Å²) >= 11 is 12.3. The van der Waals surface area contributed by atoms with Gasteiger partial charge in [0.2, 0.25) is 11.8 Å². The number of nitrogens with zero attached hydrogens (tertiary/aromatic N) is 2. The Bertz CT molecular complexity index is 1460. The van der Waals surface area contributed by atoms with E-state index in [1.165, 1.54) is 24.1 Å². The molecule has 0 unspecified atom stereocenters. The van der Waals surface area contributed by atoms with Gasteiger partial charge in [-0.05, 0) is 74.2 Å². The molecule has 0 heterocycles. The van der Waals surface area contributed by atoms with Crippen molar-refractivity contribution in [3.05, 3.63) is 93.0 Å². The molecule has 7 nitrogen and oxygen atoms in total. The molecule has 3 rings (SSSR count). The Labute approximate surface area is 240 Å². The van der Waals surface area contributed by atoms with E-state index in [2.05, 4.69) is 5.32 Å². The standard InChI is InChI=1S/C29H33Cl2N3O4S/c1-6-26(29(36)32-5)33(17-22-12-15-24(30)25(31)16-22)28(35)18-34(27-9-7-8-20(3)21(27)4)39(37,38)23-13-10-19(2)11-14-23/h7-16,26H,6,17-18H2,1-5H3,(H,32,36)/t26-/m1/s1. The molecular weight excluding hydrogens is 557 g/mol. The van der Waals surface area contributed by atoms with Crippen LogP contribution in [0.5, 0.6) is 0 Å². The van der Waals surface area contributed by atoms with Crippen LogP contribution < -0.4 is 9.62 Å². The Morgan fingerprint density at radius 2 is 1.62 bits per heavy atom. The third-order valence-corrected chi connectivity index (χ3v) is 9.21. The lowest BCUT2D eigenvalue weighted by atomic mass is 10.1. The van der Waals surface area contributed by atoms with Gasteiger partial charge in [-0.25, -0.2) is 8.42 Å². The number of amides is 2. The van der Waals surface area contributed by atoms with Crippen molar-refractivity contribution in [2.45, 2.75) is 51.6 Å². The summed E-state index contributed by atoms with van der Waals surface area (Å²) in [6.07, 6.45) is 0.320. The summed E-state index contributed by atoms with van der Waals surface area (Å²) in [5.74, 6) is -0.890. The van der Waals surface area contributed by atoms with E-state index in [0.717, 1.165) is 21.0 Å². The van der Waals surface area contributed by atoms with Gasteiger partial charge in [0.15, 0.2) is 0 Å². The van der Waals surface area contributed by atoms with Crippen molar-refractivity contribution in [1.82, 2.24) is 10.2 Å². The maximum Gasteiger partial charge on any atom is 0.264 e. The first-order chi connectivity index (χ1) is 18.4. The molecule has 1 atom stereocenters. The van der Waals surface area contributed by atoms with Gasteiger partial charge in [-0.1, -0.05) is 66.0 Å². The number of rotatable bonds is 10. The number of nitrogens with one attached hydrogen (secondary N) is 1. The molecule has 3 aromatic rings. The Balaban J connectivity index is 2.11. The van der Waals surface area contributed by atoms with Crippen LogP contribution in [0.25, 0.3) is 0 Å². The largest absolute Gasteiger partial charge is 0.357 e. The molecule has 0 aliphatic rings. The van der Waals surface area contributed by atoms with Gasteiger partial charge in [0.05, 0.1) is 20.6 Å². The maximum absolute atomic E-state index is 14.0. The Hall–Kier alpha value is -3.07. The molecule has 0 aliphatic heterocycles. The van der Waals surface area contributed by atoms with E-state index < -0.39 is 28.5 Å². The van der Waals surface area contributed by atoms with Crippen LogP contribution in [0.1, 0.15) is 35.6 Å². The van der Waals surface area contributed by atoms with E-state index in [9.17, 15) is 18.0 Å². The van der Waals surface area contributed by atoms with Crippen molar-refractivity contribution in [2.24, 2.45) is 0 Å². The predicted octanol–water partition coefficient (Wildman–Crippen LogP) is 5.67. The number of aryl methyl sites for hydroxylation is 2. The number of sulfonamides is 1. The summed E-state index contributed by atoms with van der Waals surface area (Å²) in [6.45, 7) is 6.89. The zero-order chi connectivity index (χ0) is 28.9. The summed E-state index contributed by atoms with van der Waals surface area (Å²) in [5.41, 5.74) is 3.57. The van der Waals surface area contributed by atoms with Gasteiger partial charge in [0.1, 0.15) is 12.6 Å². The van der Waals surface area contributed by atoms with Gasteiger partial charge in [0, 0.05) is 13.6 Å². The van der Waals surface area contributed by atoms with Crippen LogP contribution in [0.4, 0.5) is 5.69 Å². The summed E-state index contributed by atoms with van der Waals surface area (Å²) in [4.78, 5) is 28.3. The zero-order valence-electron chi connectivity index (χ0n) is 22.7. The highest BCUT2D eigenvalue weighted by Crippen LogP contribution is 2.30. The first-order valence-electron chi connectivity index (χ1n) is 12.5. The quantitative estimate of drug-likeness (QED) is 0.330. The Kier molecular flexibility index (Phi) is 10.0. The highest BCUT2D eigenvalue weighted by molar-refractivity contribution is 7.92. The number of anilines is 1. The molecule has 0 radical (unpaired) electrons. The molecule has 39 heavy (non-hydrogen) atoms. The van der Waals surface area contributed by atoms with Gasteiger partial charge in [-0.2, -0.15) is 0 Å². The number of halogens is 2. The van der Waals surface area contributed by atoms with Crippen molar-refractivity contribution >= 4 is 50.7 Å². The fourth-order valence-electron chi connectivity index (χ4n) is 4.28. The average Bonchev–Trinajstić information content (AvgIpc) is 2.90. The molecule has 3 aromatic carbocycles. The Morgan fingerprint density at radius 1 is 0.949 bits per heavy atom. The van der Waals surface area contributed by atoms with Gasteiger partial charge in [-0.3, -0.25) is 13.9 Å². The monoisotopic (exact) mass is 589 g/mol. The second-order valence-corrected chi connectivity index (χ2v) is 12.0. The third kappa shape index (κ3) is 6.93. The summed E-state index contributed by atoms with van der Waals surface area (Å²) in [7, 11) is -2.64. The van der Waals surface area contributed by atoms with Crippen molar-refractivity contribution in [2.75, 3.05) is 17.9 Å². The van der Waals surface area contributed by atoms with Crippen molar-refractivity contribution in [1.29, 1.82) is 0 Å². The SMILES string of the molecule is CC[C@H](C(=O)NC)N(Cc1ccc(Cl)c(Cl)c1)C(=O)CN(c1cccc(C)c1C)S(=O)(=O)c1ccc(C)cc1. The molecular formula is C29H33Cl2N3O4S. The normalized spacial score (nSPS) is 12.1. The van der Waals surface area contributed by atoms with E-state index in [1.54, 1.807) is 49.4 Å². The summed E-state index contributed by atoms with van der Waals surface area (Å²) in [6, 6.07) is 15.9. The van der Waals surface area contributed by atoms with Crippen LogP contribution in [0.3, 0.4) is 0 Å². The van der Waals surface area contributed by atoms with Crippen LogP contribution in [0.15, 0.2) is 65.6 Å². The smallest absolute Gasteiger partial charge is 0.264 e. The number of hydrogen-bond acceptors (Lipinski definition) is 4. The van der Waals surface area contributed by atoms with Gasteiger partial charge >= 0.3 is 0 Å². The van der Waals surface area contributed by atoms with Crippen molar-refractivity contribution in [3.63, 3.8) is 0 Å². The average molecular weight is 591 g/mol. The molecule has 10 heteroatoms. The topological polar surface area (TPSA) is 86.8 Å². The molecule has 0 fully saturated rings. The highest BCUT2D eigenvalue weighted by atomic mass is 35.5. The minimum absolute atomic E-state index is 0.0346. The number of likely N-dealkylation sites (N-methyl/N-ethyl adjacent to an activating group) is 1. The van der Waals surface area contributed by atoms with Crippen LogP contribution in [0.2, 0.25) is 10.0 Å². The molecule has 0 saturated carbocycles. The third-order valence-electron chi connectivity index (χ3n) is 6.70.